The molecule has 0 aliphatic carbocycles. The van der Waals surface area contributed by atoms with Crippen molar-refractivity contribution in [2.75, 3.05) is 5.73 Å². The maximum absolute atomic E-state index is 13.9. The van der Waals surface area contributed by atoms with Crippen LogP contribution in [0.5, 0.6) is 0 Å². The molecule has 3 heterocycles. The summed E-state index contributed by atoms with van der Waals surface area (Å²) in [6, 6.07) is 8.87. The number of aromatic nitrogens is 5. The minimum atomic E-state index is -1.24. The summed E-state index contributed by atoms with van der Waals surface area (Å²) in [4.78, 5) is 27.3. The Kier molecular flexibility index (Phi) is 5.79. The van der Waals surface area contributed by atoms with Crippen LogP contribution in [0.2, 0.25) is 0 Å². The zero-order chi connectivity index (χ0) is 21.5. The van der Waals surface area contributed by atoms with Crippen molar-refractivity contribution in [3.05, 3.63) is 64.6 Å². The van der Waals surface area contributed by atoms with Crippen LogP contribution in [0.4, 0.5) is 10.2 Å². The Hall–Kier alpha value is -3.74. The van der Waals surface area contributed by atoms with Crippen molar-refractivity contribution < 1.29 is 9.50 Å². The third-order valence-electron chi connectivity index (χ3n) is 4.12. The fraction of sp³-hybridized carbons (Fsp3) is 0.143. The number of imidazole rings is 1. The van der Waals surface area contributed by atoms with Gasteiger partial charge in [-0.15, -0.1) is 12.4 Å². The first-order valence-electron chi connectivity index (χ1n) is 8.98. The van der Waals surface area contributed by atoms with E-state index < -0.39 is 11.4 Å². The van der Waals surface area contributed by atoms with Crippen molar-refractivity contribution in [1.29, 1.82) is 0 Å². The molecule has 1 aromatic carbocycles. The van der Waals surface area contributed by atoms with Crippen molar-refractivity contribution >= 4 is 29.4 Å². The molecule has 4 aromatic rings. The van der Waals surface area contributed by atoms with Gasteiger partial charge in [-0.3, -0.25) is 9.36 Å². The lowest BCUT2D eigenvalue weighted by Crippen LogP contribution is -2.14. The molecule has 0 amide bonds. The maximum atomic E-state index is 13.9. The number of halogens is 2. The van der Waals surface area contributed by atoms with E-state index in [2.05, 4.69) is 31.8 Å². The summed E-state index contributed by atoms with van der Waals surface area (Å²) in [7, 11) is 0. The van der Waals surface area contributed by atoms with E-state index in [1.54, 1.807) is 22.8 Å². The number of aliphatic hydroxyl groups is 1. The van der Waals surface area contributed by atoms with Crippen LogP contribution in [0.3, 0.4) is 0 Å². The molecular weight excluding hydrogens is 423 g/mol. The topological polar surface area (TPSA) is 123 Å². The Morgan fingerprint density at radius 1 is 1.19 bits per heavy atom. The molecular formula is C21H18ClFN6O2. The van der Waals surface area contributed by atoms with Crippen LogP contribution in [0.25, 0.3) is 28.2 Å². The molecule has 158 valence electrons. The zero-order valence-electron chi connectivity index (χ0n) is 16.5. The van der Waals surface area contributed by atoms with Gasteiger partial charge in [-0.1, -0.05) is 18.1 Å². The van der Waals surface area contributed by atoms with Crippen molar-refractivity contribution in [2.24, 2.45) is 0 Å². The monoisotopic (exact) mass is 440 g/mol. The van der Waals surface area contributed by atoms with Crippen LogP contribution < -0.4 is 11.3 Å². The van der Waals surface area contributed by atoms with Gasteiger partial charge in [0, 0.05) is 17.8 Å². The minimum absolute atomic E-state index is 0. The predicted octanol–water partition coefficient (Wildman–Crippen LogP) is 2.44. The minimum Gasteiger partial charge on any atom is -0.382 e. The first-order valence-corrected chi connectivity index (χ1v) is 8.98. The van der Waals surface area contributed by atoms with Crippen LogP contribution in [0.1, 0.15) is 19.7 Å². The quantitative estimate of drug-likeness (QED) is 0.411. The highest BCUT2D eigenvalue weighted by atomic mass is 35.5. The Morgan fingerprint density at radius 3 is 2.61 bits per heavy atom. The normalized spacial score (nSPS) is 11.0. The van der Waals surface area contributed by atoms with E-state index in [0.29, 0.717) is 28.2 Å². The van der Waals surface area contributed by atoms with Crippen molar-refractivity contribution in [1.82, 2.24) is 24.5 Å². The molecule has 3 aromatic heterocycles. The third-order valence-corrected chi connectivity index (χ3v) is 4.12. The highest BCUT2D eigenvalue weighted by molar-refractivity contribution is 5.87. The molecule has 0 aliphatic heterocycles. The standard InChI is InChI=1S/C21H17FN6O2.ClH/c1-21(2,30)9-8-15-25-18(23)17-20(26-15)28(14-6-7-16(29)24-11-14)19(27-17)12-4-3-5-13(22)10-12;/h3-7,10-11,30H,1-2H3,(H,24,29)(H2,23,25,26);1H. The lowest BCUT2D eigenvalue weighted by atomic mass is 10.1. The van der Waals surface area contributed by atoms with Crippen molar-refractivity contribution in [2.45, 2.75) is 19.4 Å². The number of benzene rings is 1. The summed E-state index contributed by atoms with van der Waals surface area (Å²) >= 11 is 0. The zero-order valence-corrected chi connectivity index (χ0v) is 17.4. The lowest BCUT2D eigenvalue weighted by Gasteiger charge is -2.09. The summed E-state index contributed by atoms with van der Waals surface area (Å²) in [6.07, 6.45) is 1.49. The highest BCUT2D eigenvalue weighted by Crippen LogP contribution is 2.29. The average molecular weight is 441 g/mol. The molecule has 0 fully saturated rings. The van der Waals surface area contributed by atoms with Crippen molar-refractivity contribution in [3.8, 4) is 28.9 Å². The second-order valence-corrected chi connectivity index (χ2v) is 7.11. The molecule has 0 atom stereocenters. The summed E-state index contributed by atoms with van der Waals surface area (Å²) in [5.74, 6) is 5.46. The summed E-state index contributed by atoms with van der Waals surface area (Å²) in [6.45, 7) is 3.07. The molecule has 0 unspecified atom stereocenters. The van der Waals surface area contributed by atoms with E-state index in [0.717, 1.165) is 0 Å². The van der Waals surface area contributed by atoms with E-state index in [1.165, 1.54) is 38.2 Å². The van der Waals surface area contributed by atoms with Gasteiger partial charge in [0.05, 0.1) is 5.69 Å². The van der Waals surface area contributed by atoms with Crippen LogP contribution in [-0.2, 0) is 0 Å². The van der Waals surface area contributed by atoms with Gasteiger partial charge >= 0.3 is 0 Å². The van der Waals surface area contributed by atoms with Gasteiger partial charge in [0.1, 0.15) is 17.2 Å². The van der Waals surface area contributed by atoms with Gasteiger partial charge in [0.15, 0.2) is 17.0 Å². The number of fused-ring (bicyclic) bond motifs is 1. The second-order valence-electron chi connectivity index (χ2n) is 7.11. The molecule has 4 N–H and O–H groups in total. The van der Waals surface area contributed by atoms with Crippen LogP contribution in [0.15, 0.2) is 47.4 Å². The molecule has 0 radical (unpaired) electrons. The van der Waals surface area contributed by atoms with E-state index >= 15 is 0 Å². The number of nitrogens with two attached hydrogens (primary N) is 1. The Morgan fingerprint density at radius 2 is 1.97 bits per heavy atom. The molecule has 0 aliphatic rings. The molecule has 10 heteroatoms. The van der Waals surface area contributed by atoms with E-state index in [-0.39, 0.29) is 29.6 Å². The Balaban J connectivity index is 0.00000272. The molecule has 0 spiro atoms. The average Bonchev–Trinajstić information content (AvgIpc) is 3.07. The van der Waals surface area contributed by atoms with Gasteiger partial charge in [0.25, 0.3) is 0 Å². The first kappa shape index (κ1) is 22.0. The number of anilines is 1. The molecule has 0 bridgehead atoms. The maximum Gasteiger partial charge on any atom is 0.248 e. The number of H-pyrrole nitrogens is 1. The number of nitrogen functional groups attached to an aromatic ring is 1. The highest BCUT2D eigenvalue weighted by Gasteiger charge is 2.19. The predicted molar refractivity (Wildman–Crippen MR) is 118 cm³/mol. The largest absolute Gasteiger partial charge is 0.382 e. The first-order chi connectivity index (χ1) is 14.2. The number of aromatic amines is 1. The van der Waals surface area contributed by atoms with E-state index in [9.17, 15) is 14.3 Å². The fourth-order valence-corrected chi connectivity index (χ4v) is 2.85. The van der Waals surface area contributed by atoms with E-state index in [1.807, 2.05) is 0 Å². The van der Waals surface area contributed by atoms with Gasteiger partial charge in [-0.2, -0.15) is 0 Å². The lowest BCUT2D eigenvalue weighted by molar-refractivity contribution is 0.143. The Bertz CT molecular complexity index is 1370. The molecule has 4 rings (SSSR count). The summed E-state index contributed by atoms with van der Waals surface area (Å²) in [5.41, 5.74) is 6.24. The van der Waals surface area contributed by atoms with Crippen molar-refractivity contribution in [3.63, 3.8) is 0 Å². The number of nitrogens with zero attached hydrogens (tertiary/aromatic N) is 4. The van der Waals surface area contributed by atoms with Crippen LogP contribution in [0, 0.1) is 17.7 Å². The SMILES string of the molecule is CC(C)(O)C#Cc1nc(N)c2nc(-c3cccc(F)c3)n(-c3ccc(=O)[nH]c3)c2n1.Cl. The number of rotatable bonds is 2. The van der Waals surface area contributed by atoms with Gasteiger partial charge in [-0.05, 0) is 38.0 Å². The van der Waals surface area contributed by atoms with Crippen LogP contribution >= 0.6 is 12.4 Å². The number of pyridine rings is 1. The van der Waals surface area contributed by atoms with E-state index in [4.69, 9.17) is 5.73 Å². The summed E-state index contributed by atoms with van der Waals surface area (Å²) < 4.78 is 15.5. The number of hydrogen-bond donors (Lipinski definition) is 3. The summed E-state index contributed by atoms with van der Waals surface area (Å²) in [5, 5.41) is 9.85. The van der Waals surface area contributed by atoms with Gasteiger partial charge in [0.2, 0.25) is 11.4 Å². The molecule has 0 saturated carbocycles. The fourth-order valence-electron chi connectivity index (χ4n) is 2.85. The van der Waals surface area contributed by atoms with Gasteiger partial charge in [-0.25, -0.2) is 19.3 Å². The second kappa shape index (κ2) is 8.18. The van der Waals surface area contributed by atoms with Crippen LogP contribution in [-0.4, -0.2) is 35.2 Å². The Labute approximate surface area is 182 Å². The molecule has 0 saturated heterocycles. The smallest absolute Gasteiger partial charge is 0.248 e. The van der Waals surface area contributed by atoms with Gasteiger partial charge < -0.3 is 15.8 Å². The number of nitrogens with one attached hydrogen (secondary N) is 1. The molecule has 8 nitrogen and oxygen atoms in total. The number of hydrogen-bond acceptors (Lipinski definition) is 6. The third kappa shape index (κ3) is 4.55. The molecule has 31 heavy (non-hydrogen) atoms.